The van der Waals surface area contributed by atoms with Gasteiger partial charge in [-0.05, 0) is 68.7 Å². The Hall–Kier alpha value is -2.62. The van der Waals surface area contributed by atoms with Gasteiger partial charge >= 0.3 is 0 Å². The van der Waals surface area contributed by atoms with Gasteiger partial charge in [0.25, 0.3) is 0 Å². The maximum absolute atomic E-state index is 5.87. The highest BCUT2D eigenvalue weighted by Gasteiger charge is 2.21. The summed E-state index contributed by atoms with van der Waals surface area (Å²) in [4.78, 5) is 0. The Bertz CT molecular complexity index is 788. The molecule has 3 aromatic rings. The molecule has 0 aliphatic carbocycles. The van der Waals surface area contributed by atoms with Crippen molar-refractivity contribution in [3.8, 4) is 11.5 Å². The van der Waals surface area contributed by atoms with E-state index in [9.17, 15) is 0 Å². The van der Waals surface area contributed by atoms with Crippen LogP contribution in [0.2, 0.25) is 0 Å². The van der Waals surface area contributed by atoms with E-state index in [4.69, 9.17) is 18.3 Å². The molecular formula is C21H24O4. The summed E-state index contributed by atoms with van der Waals surface area (Å²) in [6.45, 7) is 3.92. The third kappa shape index (κ3) is 3.90. The zero-order valence-electron chi connectivity index (χ0n) is 15.2. The average Bonchev–Trinajstić information content (AvgIpc) is 3.24. The Kier molecular flexibility index (Phi) is 5.17. The summed E-state index contributed by atoms with van der Waals surface area (Å²) in [6.07, 6.45) is 1.76. The molecule has 0 radical (unpaired) electrons. The molecule has 0 saturated heterocycles. The predicted molar refractivity (Wildman–Crippen MR) is 96.6 cm³/mol. The summed E-state index contributed by atoms with van der Waals surface area (Å²) in [5, 5.41) is 0. The van der Waals surface area contributed by atoms with E-state index in [2.05, 4.69) is 6.07 Å². The molecule has 0 aliphatic heterocycles. The summed E-state index contributed by atoms with van der Waals surface area (Å²) in [6, 6.07) is 14.1. The third-order valence-corrected chi connectivity index (χ3v) is 4.38. The Balaban J connectivity index is 1.81. The minimum absolute atomic E-state index is 0.0931. The molecule has 0 N–H and O–H groups in total. The molecule has 4 heteroatoms. The minimum atomic E-state index is 0.0931. The molecule has 3 rings (SSSR count). The van der Waals surface area contributed by atoms with E-state index < -0.39 is 0 Å². The molecule has 132 valence electrons. The standard InChI is InChI=1S/C21H24O4/c1-14-5-10-18(24-14)17(19-11-6-15(2)25-19)9-7-16-8-12-20(22-3)21(13-16)23-4/h5-6,8,10-13,17H,7,9H2,1-4H3. The van der Waals surface area contributed by atoms with E-state index in [1.54, 1.807) is 14.2 Å². The molecule has 0 amide bonds. The summed E-state index contributed by atoms with van der Waals surface area (Å²) in [5.74, 6) is 5.28. The van der Waals surface area contributed by atoms with E-state index in [1.807, 2.05) is 50.2 Å². The molecule has 2 aromatic heterocycles. The first-order valence-electron chi connectivity index (χ1n) is 8.44. The van der Waals surface area contributed by atoms with E-state index in [0.717, 1.165) is 47.4 Å². The lowest BCUT2D eigenvalue weighted by atomic mass is 9.95. The summed E-state index contributed by atoms with van der Waals surface area (Å²) in [5.41, 5.74) is 1.19. The smallest absolute Gasteiger partial charge is 0.160 e. The monoisotopic (exact) mass is 340 g/mol. The second-order valence-electron chi connectivity index (χ2n) is 6.18. The predicted octanol–water partition coefficient (Wildman–Crippen LogP) is 5.27. The van der Waals surface area contributed by atoms with E-state index >= 15 is 0 Å². The van der Waals surface area contributed by atoms with E-state index in [1.165, 1.54) is 5.56 Å². The molecular weight excluding hydrogens is 316 g/mol. The van der Waals surface area contributed by atoms with Gasteiger partial charge in [0.2, 0.25) is 0 Å². The Morgan fingerprint density at radius 2 is 1.40 bits per heavy atom. The molecule has 0 bridgehead atoms. The zero-order valence-corrected chi connectivity index (χ0v) is 15.2. The van der Waals surface area contributed by atoms with Crippen molar-refractivity contribution in [2.75, 3.05) is 14.2 Å². The van der Waals surface area contributed by atoms with E-state index in [0.29, 0.717) is 0 Å². The van der Waals surface area contributed by atoms with Crippen molar-refractivity contribution in [3.05, 3.63) is 71.1 Å². The second kappa shape index (κ2) is 7.51. The number of aryl methyl sites for hydroxylation is 3. The van der Waals surface area contributed by atoms with Gasteiger partial charge in [0.1, 0.15) is 23.0 Å². The number of rotatable bonds is 7. The molecule has 0 spiro atoms. The molecule has 2 heterocycles. The third-order valence-electron chi connectivity index (χ3n) is 4.38. The lowest BCUT2D eigenvalue weighted by Gasteiger charge is -2.14. The highest BCUT2D eigenvalue weighted by molar-refractivity contribution is 5.43. The van der Waals surface area contributed by atoms with Gasteiger partial charge in [0.15, 0.2) is 11.5 Å². The van der Waals surface area contributed by atoms with E-state index in [-0.39, 0.29) is 5.92 Å². The molecule has 25 heavy (non-hydrogen) atoms. The van der Waals surface area contributed by atoms with Crippen molar-refractivity contribution >= 4 is 0 Å². The van der Waals surface area contributed by atoms with Crippen LogP contribution in [-0.4, -0.2) is 14.2 Å². The number of furan rings is 2. The Labute approximate surface area is 148 Å². The lowest BCUT2D eigenvalue weighted by molar-refractivity contribution is 0.354. The first-order valence-corrected chi connectivity index (χ1v) is 8.44. The molecule has 0 aliphatic rings. The summed E-state index contributed by atoms with van der Waals surface area (Å²) < 4.78 is 22.5. The van der Waals surface area contributed by atoms with Crippen LogP contribution in [0, 0.1) is 13.8 Å². The van der Waals surface area contributed by atoms with Crippen LogP contribution in [0.5, 0.6) is 11.5 Å². The number of methoxy groups -OCH3 is 2. The highest BCUT2D eigenvalue weighted by Crippen LogP contribution is 2.33. The fraction of sp³-hybridized carbons (Fsp3) is 0.333. The maximum atomic E-state index is 5.87. The van der Waals surface area contributed by atoms with Gasteiger partial charge in [-0.15, -0.1) is 0 Å². The van der Waals surface area contributed by atoms with Crippen LogP contribution in [0.1, 0.15) is 40.9 Å². The molecule has 1 aromatic carbocycles. The molecule has 0 fully saturated rings. The lowest BCUT2D eigenvalue weighted by Crippen LogP contribution is -2.01. The summed E-state index contributed by atoms with van der Waals surface area (Å²) >= 11 is 0. The van der Waals surface area contributed by atoms with Gasteiger partial charge in [-0.2, -0.15) is 0 Å². The van der Waals surface area contributed by atoms with Crippen molar-refractivity contribution in [2.45, 2.75) is 32.6 Å². The van der Waals surface area contributed by atoms with Crippen molar-refractivity contribution < 1.29 is 18.3 Å². The maximum Gasteiger partial charge on any atom is 0.160 e. The number of hydrogen-bond donors (Lipinski definition) is 0. The number of benzene rings is 1. The van der Waals surface area contributed by atoms with Gasteiger partial charge in [0.05, 0.1) is 20.1 Å². The van der Waals surface area contributed by atoms with Crippen LogP contribution in [0.15, 0.2) is 51.3 Å². The fourth-order valence-electron chi connectivity index (χ4n) is 3.05. The van der Waals surface area contributed by atoms with Crippen molar-refractivity contribution in [3.63, 3.8) is 0 Å². The molecule has 0 atom stereocenters. The van der Waals surface area contributed by atoms with Crippen LogP contribution in [0.25, 0.3) is 0 Å². The van der Waals surface area contributed by atoms with Gasteiger partial charge in [-0.1, -0.05) is 6.07 Å². The minimum Gasteiger partial charge on any atom is -0.493 e. The average molecular weight is 340 g/mol. The van der Waals surface area contributed by atoms with Gasteiger partial charge < -0.3 is 18.3 Å². The van der Waals surface area contributed by atoms with Crippen molar-refractivity contribution in [1.29, 1.82) is 0 Å². The fourth-order valence-corrected chi connectivity index (χ4v) is 3.05. The van der Waals surface area contributed by atoms with Crippen LogP contribution >= 0.6 is 0 Å². The SMILES string of the molecule is COc1ccc(CCC(c2ccc(C)o2)c2ccc(C)o2)cc1OC. The zero-order chi connectivity index (χ0) is 17.8. The normalized spacial score (nSPS) is 11.1. The first-order chi connectivity index (χ1) is 12.1. The molecule has 0 saturated carbocycles. The first kappa shape index (κ1) is 17.2. The second-order valence-corrected chi connectivity index (χ2v) is 6.18. The van der Waals surface area contributed by atoms with Crippen LogP contribution in [-0.2, 0) is 6.42 Å². The molecule has 4 nitrogen and oxygen atoms in total. The number of ether oxygens (including phenoxy) is 2. The van der Waals surface area contributed by atoms with Crippen molar-refractivity contribution in [1.82, 2.24) is 0 Å². The van der Waals surface area contributed by atoms with Crippen molar-refractivity contribution in [2.24, 2.45) is 0 Å². The van der Waals surface area contributed by atoms with Gasteiger partial charge in [-0.3, -0.25) is 0 Å². The Morgan fingerprint density at radius 3 is 1.88 bits per heavy atom. The molecule has 0 unspecified atom stereocenters. The summed E-state index contributed by atoms with van der Waals surface area (Å²) in [7, 11) is 3.30. The topological polar surface area (TPSA) is 44.7 Å². The van der Waals surface area contributed by atoms with Crippen LogP contribution in [0.3, 0.4) is 0 Å². The largest absolute Gasteiger partial charge is 0.493 e. The van der Waals surface area contributed by atoms with Gasteiger partial charge in [-0.25, -0.2) is 0 Å². The van der Waals surface area contributed by atoms with Crippen LogP contribution < -0.4 is 9.47 Å². The van der Waals surface area contributed by atoms with Crippen LogP contribution in [0.4, 0.5) is 0 Å². The highest BCUT2D eigenvalue weighted by atomic mass is 16.5. The van der Waals surface area contributed by atoms with Gasteiger partial charge in [0, 0.05) is 0 Å². The number of hydrogen-bond acceptors (Lipinski definition) is 4. The quantitative estimate of drug-likeness (QED) is 0.587. The Morgan fingerprint density at radius 1 is 0.800 bits per heavy atom.